The van der Waals surface area contributed by atoms with Crippen LogP contribution in [0.4, 0.5) is 0 Å². The molecule has 0 radical (unpaired) electrons. The highest BCUT2D eigenvalue weighted by molar-refractivity contribution is 6.30. The number of nitrogens with one attached hydrogen (secondary N) is 1. The molecule has 0 saturated carbocycles. The summed E-state index contributed by atoms with van der Waals surface area (Å²) >= 11 is 6.03. The van der Waals surface area contributed by atoms with Gasteiger partial charge < -0.3 is 15.0 Å². The maximum atomic E-state index is 12.6. The molecule has 0 aliphatic carbocycles. The summed E-state index contributed by atoms with van der Waals surface area (Å²) in [5.74, 6) is 1.58. The summed E-state index contributed by atoms with van der Waals surface area (Å²) in [5.41, 5.74) is 1.04. The zero-order chi connectivity index (χ0) is 14.8. The van der Waals surface area contributed by atoms with Crippen molar-refractivity contribution in [2.45, 2.75) is 12.8 Å². The summed E-state index contributed by atoms with van der Waals surface area (Å²) in [6.07, 6.45) is 1.81. The zero-order valence-electron chi connectivity index (χ0n) is 12.3. The first-order valence-corrected chi connectivity index (χ1v) is 7.89. The standard InChI is InChI=1S/C16H21ClN2O2/c1-18-8-11-4-5-19(9-11)16(20)13-6-12-7-14(17)2-3-15(12)21-10-13/h2-3,7,11,13,18H,4-6,8-10H2,1H3. The molecule has 1 N–H and O–H groups in total. The van der Waals surface area contributed by atoms with Crippen molar-refractivity contribution in [2.75, 3.05) is 33.3 Å². The van der Waals surface area contributed by atoms with E-state index < -0.39 is 0 Å². The Bertz CT molecular complexity index is 535. The molecule has 3 rings (SSSR count). The van der Waals surface area contributed by atoms with Crippen LogP contribution in [0.1, 0.15) is 12.0 Å². The van der Waals surface area contributed by atoms with Crippen LogP contribution in [0.2, 0.25) is 5.02 Å². The summed E-state index contributed by atoms with van der Waals surface area (Å²) in [5, 5.41) is 3.89. The van der Waals surface area contributed by atoms with Crippen LogP contribution in [0.3, 0.4) is 0 Å². The highest BCUT2D eigenvalue weighted by atomic mass is 35.5. The van der Waals surface area contributed by atoms with Gasteiger partial charge in [-0.15, -0.1) is 0 Å². The molecule has 2 aliphatic heterocycles. The Labute approximate surface area is 130 Å². The normalized spacial score (nSPS) is 24.6. The molecule has 4 nitrogen and oxygen atoms in total. The van der Waals surface area contributed by atoms with Crippen LogP contribution < -0.4 is 10.1 Å². The van der Waals surface area contributed by atoms with E-state index in [0.29, 0.717) is 17.5 Å². The highest BCUT2D eigenvalue weighted by Crippen LogP contribution is 2.31. The fourth-order valence-corrected chi connectivity index (χ4v) is 3.46. The van der Waals surface area contributed by atoms with Crippen molar-refractivity contribution in [1.82, 2.24) is 10.2 Å². The van der Waals surface area contributed by atoms with E-state index in [1.165, 1.54) is 0 Å². The number of ether oxygens (including phenoxy) is 1. The Morgan fingerprint density at radius 3 is 3.19 bits per heavy atom. The van der Waals surface area contributed by atoms with E-state index in [0.717, 1.165) is 43.8 Å². The number of halogens is 1. The number of carbonyl (C=O) groups excluding carboxylic acids is 1. The smallest absolute Gasteiger partial charge is 0.229 e. The molecule has 5 heteroatoms. The van der Waals surface area contributed by atoms with Crippen molar-refractivity contribution in [2.24, 2.45) is 11.8 Å². The largest absolute Gasteiger partial charge is 0.492 e. The number of rotatable bonds is 3. The minimum absolute atomic E-state index is 0.0793. The van der Waals surface area contributed by atoms with E-state index in [-0.39, 0.29) is 11.8 Å². The second-order valence-electron chi connectivity index (χ2n) is 5.96. The van der Waals surface area contributed by atoms with Gasteiger partial charge in [0.25, 0.3) is 0 Å². The average Bonchev–Trinajstić information content (AvgIpc) is 2.94. The predicted octanol–water partition coefficient (Wildman–Crippen LogP) is 1.96. The molecule has 2 unspecified atom stereocenters. The van der Waals surface area contributed by atoms with Gasteiger partial charge in [-0.05, 0) is 56.1 Å². The third-order valence-corrected chi connectivity index (χ3v) is 4.60. The van der Waals surface area contributed by atoms with Crippen molar-refractivity contribution in [1.29, 1.82) is 0 Å². The van der Waals surface area contributed by atoms with Crippen molar-refractivity contribution in [3.8, 4) is 5.75 Å². The number of likely N-dealkylation sites (tertiary alicyclic amines) is 1. The minimum Gasteiger partial charge on any atom is -0.492 e. The second-order valence-corrected chi connectivity index (χ2v) is 6.40. The van der Waals surface area contributed by atoms with E-state index in [1.54, 1.807) is 0 Å². The SMILES string of the molecule is CNCC1CCN(C(=O)C2COc3ccc(Cl)cc3C2)C1. The molecular formula is C16H21ClN2O2. The Hall–Kier alpha value is -1.26. The fourth-order valence-electron chi connectivity index (χ4n) is 3.27. The molecule has 1 saturated heterocycles. The van der Waals surface area contributed by atoms with Crippen molar-refractivity contribution < 1.29 is 9.53 Å². The lowest BCUT2D eigenvalue weighted by atomic mass is 9.95. The highest BCUT2D eigenvalue weighted by Gasteiger charge is 2.33. The number of fused-ring (bicyclic) bond motifs is 1. The van der Waals surface area contributed by atoms with Crippen LogP contribution in [-0.4, -0.2) is 44.1 Å². The quantitative estimate of drug-likeness (QED) is 0.928. The van der Waals surface area contributed by atoms with Gasteiger partial charge in [-0.25, -0.2) is 0 Å². The predicted molar refractivity (Wildman–Crippen MR) is 82.8 cm³/mol. The van der Waals surface area contributed by atoms with Gasteiger partial charge >= 0.3 is 0 Å². The summed E-state index contributed by atoms with van der Waals surface area (Å²) in [4.78, 5) is 14.6. The first kappa shape index (κ1) is 14.7. The van der Waals surface area contributed by atoms with Crippen LogP contribution >= 0.6 is 11.6 Å². The molecule has 21 heavy (non-hydrogen) atoms. The van der Waals surface area contributed by atoms with Gasteiger partial charge in [0.05, 0.1) is 5.92 Å². The topological polar surface area (TPSA) is 41.6 Å². The maximum absolute atomic E-state index is 12.6. The monoisotopic (exact) mass is 308 g/mol. The Morgan fingerprint density at radius 2 is 2.38 bits per heavy atom. The maximum Gasteiger partial charge on any atom is 0.229 e. The van der Waals surface area contributed by atoms with Gasteiger partial charge in [-0.3, -0.25) is 4.79 Å². The van der Waals surface area contributed by atoms with Crippen LogP contribution in [0, 0.1) is 11.8 Å². The van der Waals surface area contributed by atoms with Crippen molar-refractivity contribution >= 4 is 17.5 Å². The van der Waals surface area contributed by atoms with Crippen LogP contribution in [0.15, 0.2) is 18.2 Å². The van der Waals surface area contributed by atoms with Crippen LogP contribution in [-0.2, 0) is 11.2 Å². The summed E-state index contributed by atoms with van der Waals surface area (Å²) < 4.78 is 5.73. The minimum atomic E-state index is -0.0793. The van der Waals surface area contributed by atoms with E-state index in [2.05, 4.69) is 5.32 Å². The molecule has 2 atom stereocenters. The summed E-state index contributed by atoms with van der Waals surface area (Å²) in [6, 6.07) is 5.62. The van der Waals surface area contributed by atoms with Crippen molar-refractivity contribution in [3.63, 3.8) is 0 Å². The number of nitrogens with zero attached hydrogens (tertiary/aromatic N) is 1. The van der Waals surface area contributed by atoms with Gasteiger partial charge in [-0.1, -0.05) is 11.6 Å². The number of benzene rings is 1. The van der Waals surface area contributed by atoms with Gasteiger partial charge in [0.1, 0.15) is 12.4 Å². The van der Waals surface area contributed by atoms with Gasteiger partial charge in [0, 0.05) is 18.1 Å². The van der Waals surface area contributed by atoms with E-state index in [4.69, 9.17) is 16.3 Å². The molecule has 1 aromatic rings. The van der Waals surface area contributed by atoms with Crippen LogP contribution in [0.25, 0.3) is 0 Å². The lowest BCUT2D eigenvalue weighted by molar-refractivity contribution is -0.135. The second kappa shape index (κ2) is 6.24. The Morgan fingerprint density at radius 1 is 1.52 bits per heavy atom. The molecule has 2 heterocycles. The Balaban J connectivity index is 1.64. The molecule has 1 amide bonds. The molecule has 1 fully saturated rings. The molecule has 0 aromatic heterocycles. The molecule has 1 aromatic carbocycles. The first-order valence-electron chi connectivity index (χ1n) is 7.52. The van der Waals surface area contributed by atoms with Gasteiger partial charge in [0.15, 0.2) is 0 Å². The molecule has 114 valence electrons. The molecule has 0 spiro atoms. The number of amides is 1. The van der Waals surface area contributed by atoms with E-state index in [1.807, 2.05) is 30.1 Å². The third-order valence-electron chi connectivity index (χ3n) is 4.37. The average molecular weight is 309 g/mol. The van der Waals surface area contributed by atoms with Gasteiger partial charge in [-0.2, -0.15) is 0 Å². The fraction of sp³-hybridized carbons (Fsp3) is 0.562. The van der Waals surface area contributed by atoms with Crippen LogP contribution in [0.5, 0.6) is 5.75 Å². The molecule has 2 aliphatic rings. The number of hydrogen-bond acceptors (Lipinski definition) is 3. The first-order chi connectivity index (χ1) is 10.2. The third kappa shape index (κ3) is 3.16. The lowest BCUT2D eigenvalue weighted by Gasteiger charge is -2.28. The number of hydrogen-bond donors (Lipinski definition) is 1. The van der Waals surface area contributed by atoms with E-state index >= 15 is 0 Å². The zero-order valence-corrected chi connectivity index (χ0v) is 13.0. The van der Waals surface area contributed by atoms with Crippen molar-refractivity contribution in [3.05, 3.63) is 28.8 Å². The molecular weight excluding hydrogens is 288 g/mol. The number of carbonyl (C=O) groups is 1. The van der Waals surface area contributed by atoms with E-state index in [9.17, 15) is 4.79 Å². The lowest BCUT2D eigenvalue weighted by Crippen LogP contribution is -2.40. The summed E-state index contributed by atoms with van der Waals surface area (Å²) in [7, 11) is 1.96. The Kier molecular flexibility index (Phi) is 4.36. The molecule has 0 bridgehead atoms. The summed E-state index contributed by atoms with van der Waals surface area (Å²) in [6.45, 7) is 3.17. The van der Waals surface area contributed by atoms with Gasteiger partial charge in [0.2, 0.25) is 5.91 Å².